The predicted molar refractivity (Wildman–Crippen MR) is 188 cm³/mol. The molecule has 266 valence electrons. The molecule has 0 spiro atoms. The number of methoxy groups -OCH3 is 1. The average molecular weight is 658 g/mol. The van der Waals surface area contributed by atoms with Gasteiger partial charge in [0.1, 0.15) is 6.04 Å². The maximum Gasteiger partial charge on any atom is 0.245 e. The van der Waals surface area contributed by atoms with Crippen LogP contribution in [0.5, 0.6) is 0 Å². The Morgan fingerprint density at radius 1 is 0.979 bits per heavy atom. The Hall–Kier alpha value is -2.98. The molecule has 0 saturated carbocycles. The molecule has 0 radical (unpaired) electrons. The van der Waals surface area contributed by atoms with Crippen molar-refractivity contribution in [3.8, 4) is 0 Å². The van der Waals surface area contributed by atoms with Crippen LogP contribution in [-0.2, 0) is 30.3 Å². The van der Waals surface area contributed by atoms with E-state index in [0.717, 1.165) is 25.7 Å². The summed E-state index contributed by atoms with van der Waals surface area (Å²) in [7, 11) is 5.10. The lowest BCUT2D eigenvalue weighted by atomic mass is 9.89. The third-order valence-corrected chi connectivity index (χ3v) is 9.90. The first kappa shape index (κ1) is 40.2. The Balaban J connectivity index is 2.11. The van der Waals surface area contributed by atoms with Gasteiger partial charge in [-0.05, 0) is 56.0 Å². The number of rotatable bonds is 19. The van der Waals surface area contributed by atoms with E-state index in [1.807, 2.05) is 57.7 Å². The fourth-order valence-corrected chi connectivity index (χ4v) is 6.84. The van der Waals surface area contributed by atoms with Crippen molar-refractivity contribution < 1.29 is 23.9 Å². The molecule has 0 aliphatic carbocycles. The molecule has 0 bridgehead atoms. The van der Waals surface area contributed by atoms with Crippen molar-refractivity contribution in [2.45, 2.75) is 117 Å². The van der Waals surface area contributed by atoms with Crippen molar-refractivity contribution in [1.29, 1.82) is 0 Å². The van der Waals surface area contributed by atoms with E-state index >= 15 is 0 Å². The number of nitrogens with zero attached hydrogens (tertiary/aromatic N) is 2. The Morgan fingerprint density at radius 3 is 2.17 bits per heavy atom. The number of hydrogen-bond donors (Lipinski definition) is 3. The topological polar surface area (TPSA) is 120 Å². The van der Waals surface area contributed by atoms with Gasteiger partial charge in [-0.2, -0.15) is 0 Å². The molecule has 3 N–H and O–H groups in total. The maximum atomic E-state index is 14.0. The summed E-state index contributed by atoms with van der Waals surface area (Å²) in [4.78, 5) is 57.5. The van der Waals surface area contributed by atoms with Gasteiger partial charge in [0.2, 0.25) is 23.6 Å². The zero-order chi connectivity index (χ0) is 35.3. The number of carbonyl (C=O) groups is 4. The summed E-state index contributed by atoms with van der Waals surface area (Å²) < 4.78 is 5.98. The van der Waals surface area contributed by atoms with E-state index < -0.39 is 18.2 Å². The monoisotopic (exact) mass is 657 g/mol. The van der Waals surface area contributed by atoms with Gasteiger partial charge < -0.3 is 30.5 Å². The van der Waals surface area contributed by atoms with Gasteiger partial charge in [-0.1, -0.05) is 85.2 Å². The van der Waals surface area contributed by atoms with Crippen molar-refractivity contribution in [3.63, 3.8) is 0 Å². The van der Waals surface area contributed by atoms with Gasteiger partial charge in [-0.3, -0.25) is 19.2 Å². The molecule has 1 aliphatic heterocycles. The second kappa shape index (κ2) is 19.7. The van der Waals surface area contributed by atoms with Gasteiger partial charge in [0, 0.05) is 39.2 Å². The smallest absolute Gasteiger partial charge is 0.245 e. The third-order valence-electron chi connectivity index (χ3n) is 9.90. The van der Waals surface area contributed by atoms with Crippen LogP contribution >= 0.6 is 0 Å². The molecule has 1 saturated heterocycles. The van der Waals surface area contributed by atoms with Crippen molar-refractivity contribution in [2.75, 3.05) is 34.3 Å². The number of likely N-dealkylation sites (tertiary alicyclic amines) is 1. The minimum absolute atomic E-state index is 0.00759. The molecular weight excluding hydrogens is 594 g/mol. The van der Waals surface area contributed by atoms with Gasteiger partial charge in [-0.15, -0.1) is 0 Å². The van der Waals surface area contributed by atoms with Crippen LogP contribution < -0.4 is 16.0 Å². The van der Waals surface area contributed by atoms with Gasteiger partial charge in [0.05, 0.1) is 24.6 Å². The minimum Gasteiger partial charge on any atom is -0.379 e. The second-order valence-corrected chi connectivity index (χ2v) is 14.1. The number of benzene rings is 1. The van der Waals surface area contributed by atoms with Crippen molar-refractivity contribution in [3.05, 3.63) is 35.9 Å². The van der Waals surface area contributed by atoms with Crippen LogP contribution in [0.25, 0.3) is 0 Å². The van der Waals surface area contributed by atoms with Gasteiger partial charge in [0.15, 0.2) is 0 Å². The number of ether oxygens (including phenoxy) is 1. The van der Waals surface area contributed by atoms with Crippen LogP contribution in [0.15, 0.2) is 30.3 Å². The molecule has 7 atom stereocenters. The number of likely N-dealkylation sites (N-methyl/N-ethyl adjacent to an activating group) is 2. The lowest BCUT2D eigenvalue weighted by Gasteiger charge is -2.40. The molecule has 1 aromatic carbocycles. The molecule has 10 heteroatoms. The SMILES string of the molecule is CC[C@H](C)[C@@H]([C@@H](CC(=O)N1CCC[C@H]1C[C@@H](C)C(=O)NCCc1ccccc1)OC)N(C)C(=O)[C@@H](NC(=O)[C@@H](NC)C(C)C)C(C)C. The first-order chi connectivity index (χ1) is 22.3. The highest BCUT2D eigenvalue weighted by atomic mass is 16.5. The van der Waals surface area contributed by atoms with Crippen LogP contribution in [-0.4, -0.2) is 98.0 Å². The fraction of sp³-hybridized carbons (Fsp3) is 0.730. The van der Waals surface area contributed by atoms with Crippen LogP contribution in [0.3, 0.4) is 0 Å². The quantitative estimate of drug-likeness (QED) is 0.207. The summed E-state index contributed by atoms with van der Waals surface area (Å²) in [6.45, 7) is 15.1. The lowest BCUT2D eigenvalue weighted by Crippen LogP contribution is -2.59. The van der Waals surface area contributed by atoms with E-state index in [-0.39, 0.29) is 65.8 Å². The zero-order valence-corrected chi connectivity index (χ0v) is 30.7. The average Bonchev–Trinajstić information content (AvgIpc) is 3.51. The highest BCUT2D eigenvalue weighted by molar-refractivity contribution is 5.90. The summed E-state index contributed by atoms with van der Waals surface area (Å²) in [6.07, 6.45) is 3.52. The summed E-state index contributed by atoms with van der Waals surface area (Å²) in [5.74, 6) is -0.676. The lowest BCUT2D eigenvalue weighted by molar-refractivity contribution is -0.146. The largest absolute Gasteiger partial charge is 0.379 e. The third kappa shape index (κ3) is 11.6. The Morgan fingerprint density at radius 2 is 1.62 bits per heavy atom. The molecule has 0 aromatic heterocycles. The molecule has 47 heavy (non-hydrogen) atoms. The zero-order valence-electron chi connectivity index (χ0n) is 30.7. The number of carbonyl (C=O) groups excluding carboxylic acids is 4. The van der Waals surface area contributed by atoms with Gasteiger partial charge in [-0.25, -0.2) is 0 Å². The molecule has 1 heterocycles. The number of hydrogen-bond acceptors (Lipinski definition) is 6. The Kier molecular flexibility index (Phi) is 16.9. The summed E-state index contributed by atoms with van der Waals surface area (Å²) >= 11 is 0. The fourth-order valence-electron chi connectivity index (χ4n) is 6.84. The highest BCUT2D eigenvalue weighted by Gasteiger charge is 2.40. The Labute approximate surface area is 284 Å². The van der Waals surface area contributed by atoms with E-state index in [1.165, 1.54) is 5.56 Å². The van der Waals surface area contributed by atoms with E-state index in [1.54, 1.807) is 26.1 Å². The predicted octanol–water partition coefficient (Wildman–Crippen LogP) is 4.03. The van der Waals surface area contributed by atoms with Crippen LogP contribution in [0.4, 0.5) is 0 Å². The normalized spacial score (nSPS) is 18.7. The van der Waals surface area contributed by atoms with E-state index in [9.17, 15) is 19.2 Å². The summed E-state index contributed by atoms with van der Waals surface area (Å²) in [6, 6.07) is 8.56. The molecule has 2 rings (SSSR count). The highest BCUT2D eigenvalue weighted by Crippen LogP contribution is 2.28. The molecule has 4 amide bonds. The molecular formula is C37H63N5O5. The standard InChI is InChI=1S/C37H63N5O5/c1-11-26(6)34(41(9)37(46)33(25(4)5)40-36(45)32(38-8)24(2)3)30(47-10)23-31(43)42-21-15-18-29(42)22-27(7)35(44)39-20-19-28-16-13-12-14-17-28/h12-14,16-17,24-27,29-30,32-34,38H,11,15,18-23H2,1-10H3,(H,39,44)(H,40,45)/t26-,27+,29-,30+,32-,33-,34-/m0/s1. The van der Waals surface area contributed by atoms with Gasteiger partial charge >= 0.3 is 0 Å². The van der Waals surface area contributed by atoms with E-state index in [4.69, 9.17) is 4.74 Å². The van der Waals surface area contributed by atoms with Crippen molar-refractivity contribution >= 4 is 23.6 Å². The Bertz CT molecular complexity index is 1130. The van der Waals surface area contributed by atoms with E-state index in [2.05, 4.69) is 41.9 Å². The first-order valence-corrected chi connectivity index (χ1v) is 17.6. The minimum atomic E-state index is -0.717. The van der Waals surface area contributed by atoms with Crippen LogP contribution in [0.1, 0.15) is 86.1 Å². The van der Waals surface area contributed by atoms with Crippen molar-refractivity contribution in [1.82, 2.24) is 25.8 Å². The summed E-state index contributed by atoms with van der Waals surface area (Å²) in [5, 5.41) is 9.11. The molecule has 10 nitrogen and oxygen atoms in total. The van der Waals surface area contributed by atoms with Crippen LogP contribution in [0, 0.1) is 23.7 Å². The molecule has 1 aromatic rings. The summed E-state index contributed by atoms with van der Waals surface area (Å²) in [5.41, 5.74) is 1.18. The van der Waals surface area contributed by atoms with Crippen molar-refractivity contribution in [2.24, 2.45) is 23.7 Å². The molecule has 1 fully saturated rings. The van der Waals surface area contributed by atoms with Crippen LogP contribution in [0.2, 0.25) is 0 Å². The number of nitrogens with one attached hydrogen (secondary N) is 3. The number of amides is 4. The second-order valence-electron chi connectivity index (χ2n) is 14.1. The molecule has 0 unspecified atom stereocenters. The van der Waals surface area contributed by atoms with E-state index in [0.29, 0.717) is 19.5 Å². The maximum absolute atomic E-state index is 14.0. The van der Waals surface area contributed by atoms with Gasteiger partial charge in [0.25, 0.3) is 0 Å². The first-order valence-electron chi connectivity index (χ1n) is 17.6. The molecule has 1 aliphatic rings.